The maximum absolute atomic E-state index is 12.6. The fourth-order valence-electron chi connectivity index (χ4n) is 2.75. The van der Waals surface area contributed by atoms with Crippen LogP contribution < -0.4 is 15.4 Å². The van der Waals surface area contributed by atoms with Gasteiger partial charge in [0, 0.05) is 29.2 Å². The van der Waals surface area contributed by atoms with Gasteiger partial charge in [-0.05, 0) is 36.8 Å². The molecule has 3 aromatic rings. The van der Waals surface area contributed by atoms with Gasteiger partial charge >= 0.3 is 6.61 Å². The predicted molar refractivity (Wildman–Crippen MR) is 127 cm³/mol. The van der Waals surface area contributed by atoms with Crippen LogP contribution in [-0.2, 0) is 13.1 Å². The second-order valence-electron chi connectivity index (χ2n) is 6.21. The lowest BCUT2D eigenvalue weighted by Crippen LogP contribution is -2.36. The van der Waals surface area contributed by atoms with Crippen molar-refractivity contribution in [3.63, 3.8) is 0 Å². The molecule has 0 atom stereocenters. The second kappa shape index (κ2) is 12.4. The molecule has 0 aliphatic heterocycles. The molecule has 11 heteroatoms. The maximum Gasteiger partial charge on any atom is 0.387 e. The SMILES string of the molecule is CCNC(=NCc1cccc(-c2ncn[nH]2)c1)NCc1cc(Cl)ccc1OC(F)F.I. The summed E-state index contributed by atoms with van der Waals surface area (Å²) in [4.78, 5) is 8.71. The number of H-pyrrole nitrogens is 1. The zero-order valence-electron chi connectivity index (χ0n) is 16.6. The van der Waals surface area contributed by atoms with Crippen LogP contribution in [0.1, 0.15) is 18.1 Å². The summed E-state index contributed by atoms with van der Waals surface area (Å²) in [5.41, 5.74) is 2.39. The Hall–Kier alpha value is -2.47. The van der Waals surface area contributed by atoms with E-state index in [-0.39, 0.29) is 36.3 Å². The summed E-state index contributed by atoms with van der Waals surface area (Å²) in [6.07, 6.45) is 1.45. The van der Waals surface area contributed by atoms with E-state index in [2.05, 4.69) is 35.5 Å². The second-order valence-corrected chi connectivity index (χ2v) is 6.65. The molecule has 2 aromatic carbocycles. The lowest BCUT2D eigenvalue weighted by molar-refractivity contribution is -0.0504. The van der Waals surface area contributed by atoms with Crippen LogP contribution in [-0.4, -0.2) is 34.3 Å². The summed E-state index contributed by atoms with van der Waals surface area (Å²) >= 11 is 6.00. The lowest BCUT2D eigenvalue weighted by atomic mass is 10.1. The molecule has 7 nitrogen and oxygen atoms in total. The zero-order chi connectivity index (χ0) is 21.3. The van der Waals surface area contributed by atoms with Crippen LogP contribution in [0.5, 0.6) is 5.75 Å². The average molecular weight is 563 g/mol. The molecular weight excluding hydrogens is 541 g/mol. The van der Waals surface area contributed by atoms with Crippen molar-refractivity contribution in [1.82, 2.24) is 25.8 Å². The number of benzene rings is 2. The molecule has 0 spiro atoms. The highest BCUT2D eigenvalue weighted by Crippen LogP contribution is 2.24. The van der Waals surface area contributed by atoms with E-state index in [1.807, 2.05) is 31.2 Å². The van der Waals surface area contributed by atoms with E-state index in [0.29, 0.717) is 35.5 Å². The minimum absolute atomic E-state index is 0. The molecule has 31 heavy (non-hydrogen) atoms. The molecule has 0 bridgehead atoms. The minimum Gasteiger partial charge on any atom is -0.434 e. The highest BCUT2D eigenvalue weighted by Gasteiger charge is 2.11. The molecule has 0 saturated heterocycles. The van der Waals surface area contributed by atoms with E-state index < -0.39 is 6.61 Å². The summed E-state index contributed by atoms with van der Waals surface area (Å²) in [6.45, 7) is 0.287. The third-order valence-corrected chi connectivity index (χ3v) is 4.30. The van der Waals surface area contributed by atoms with Crippen molar-refractivity contribution in [2.45, 2.75) is 26.6 Å². The highest BCUT2D eigenvalue weighted by molar-refractivity contribution is 14.0. The van der Waals surface area contributed by atoms with Crippen LogP contribution in [0.25, 0.3) is 11.4 Å². The molecule has 0 unspecified atom stereocenters. The maximum atomic E-state index is 12.6. The highest BCUT2D eigenvalue weighted by atomic mass is 127. The van der Waals surface area contributed by atoms with E-state index in [0.717, 1.165) is 11.1 Å². The number of nitrogens with zero attached hydrogens (tertiary/aromatic N) is 3. The summed E-state index contributed by atoms with van der Waals surface area (Å²) in [5, 5.41) is 13.4. The van der Waals surface area contributed by atoms with Gasteiger partial charge in [-0.1, -0.05) is 29.8 Å². The third kappa shape index (κ3) is 7.62. The normalized spacial score (nSPS) is 11.2. The van der Waals surface area contributed by atoms with Gasteiger partial charge < -0.3 is 15.4 Å². The van der Waals surface area contributed by atoms with Gasteiger partial charge in [0.15, 0.2) is 11.8 Å². The Bertz CT molecular complexity index is 988. The summed E-state index contributed by atoms with van der Waals surface area (Å²) in [6, 6.07) is 12.3. The number of alkyl halides is 2. The van der Waals surface area contributed by atoms with Gasteiger partial charge in [0.1, 0.15) is 12.1 Å². The van der Waals surface area contributed by atoms with E-state index in [4.69, 9.17) is 11.6 Å². The number of hydrogen-bond donors (Lipinski definition) is 3. The molecule has 0 fully saturated rings. The van der Waals surface area contributed by atoms with Crippen LogP contribution in [0.4, 0.5) is 8.78 Å². The van der Waals surface area contributed by atoms with Crippen molar-refractivity contribution >= 4 is 41.5 Å². The van der Waals surface area contributed by atoms with Gasteiger partial charge in [-0.15, -0.1) is 24.0 Å². The van der Waals surface area contributed by atoms with Crippen molar-refractivity contribution in [2.75, 3.05) is 6.54 Å². The number of guanidine groups is 1. The molecule has 0 amide bonds. The van der Waals surface area contributed by atoms with E-state index in [1.54, 1.807) is 6.07 Å². The first kappa shape index (κ1) is 24.8. The van der Waals surface area contributed by atoms with Gasteiger partial charge in [0.2, 0.25) is 0 Å². The van der Waals surface area contributed by atoms with Gasteiger partial charge in [0.25, 0.3) is 0 Å². The largest absolute Gasteiger partial charge is 0.434 e. The minimum atomic E-state index is -2.91. The Labute approximate surface area is 200 Å². The number of aromatic nitrogens is 3. The van der Waals surface area contributed by atoms with E-state index >= 15 is 0 Å². The molecule has 1 aromatic heterocycles. The average Bonchev–Trinajstić information content (AvgIpc) is 3.27. The molecule has 0 aliphatic carbocycles. The summed E-state index contributed by atoms with van der Waals surface area (Å²) < 4.78 is 29.8. The number of rotatable bonds is 8. The first-order chi connectivity index (χ1) is 14.5. The van der Waals surface area contributed by atoms with Gasteiger partial charge in [-0.25, -0.2) is 9.98 Å². The van der Waals surface area contributed by atoms with Gasteiger partial charge in [-0.3, -0.25) is 5.10 Å². The monoisotopic (exact) mass is 562 g/mol. The first-order valence-corrected chi connectivity index (χ1v) is 9.63. The Morgan fingerprint density at radius 1 is 1.23 bits per heavy atom. The van der Waals surface area contributed by atoms with Crippen molar-refractivity contribution in [3.8, 4) is 17.1 Å². The summed E-state index contributed by atoms with van der Waals surface area (Å²) in [5.74, 6) is 1.28. The number of nitrogens with one attached hydrogen (secondary N) is 3. The predicted octanol–water partition coefficient (Wildman–Crippen LogP) is 4.60. The Kier molecular flexibility index (Phi) is 9.92. The van der Waals surface area contributed by atoms with E-state index in [9.17, 15) is 8.78 Å². The fourth-order valence-corrected chi connectivity index (χ4v) is 2.94. The number of aromatic amines is 1. The zero-order valence-corrected chi connectivity index (χ0v) is 19.7. The smallest absolute Gasteiger partial charge is 0.387 e. The Morgan fingerprint density at radius 2 is 2.06 bits per heavy atom. The standard InChI is InChI=1S/C20H21ClF2N6O.HI/c1-2-24-20(26-11-15-9-16(21)6-7-17(15)30-19(22)23)25-10-13-4-3-5-14(8-13)18-27-12-28-29-18;/h3-9,12,19H,2,10-11H2,1H3,(H2,24,25,26)(H,27,28,29);1H. The molecule has 0 saturated carbocycles. The molecule has 166 valence electrons. The Morgan fingerprint density at radius 3 is 2.77 bits per heavy atom. The van der Waals surface area contributed by atoms with Crippen LogP contribution >= 0.6 is 35.6 Å². The van der Waals surface area contributed by atoms with Crippen LogP contribution in [0.15, 0.2) is 53.8 Å². The molecule has 0 radical (unpaired) electrons. The number of aliphatic imine (C=N–C) groups is 1. The molecule has 3 rings (SSSR count). The van der Waals surface area contributed by atoms with Crippen molar-refractivity contribution in [3.05, 3.63) is 64.9 Å². The van der Waals surface area contributed by atoms with E-state index in [1.165, 1.54) is 18.5 Å². The van der Waals surface area contributed by atoms with Gasteiger partial charge in [0.05, 0.1) is 6.54 Å². The third-order valence-electron chi connectivity index (χ3n) is 4.06. The Balaban J connectivity index is 0.00000341. The molecule has 1 heterocycles. The molecule has 3 N–H and O–H groups in total. The fraction of sp³-hybridized carbons (Fsp3) is 0.250. The van der Waals surface area contributed by atoms with Crippen LogP contribution in [0.2, 0.25) is 5.02 Å². The van der Waals surface area contributed by atoms with Crippen LogP contribution in [0, 0.1) is 0 Å². The van der Waals surface area contributed by atoms with Crippen molar-refractivity contribution in [2.24, 2.45) is 4.99 Å². The van der Waals surface area contributed by atoms with Crippen molar-refractivity contribution in [1.29, 1.82) is 0 Å². The quantitative estimate of drug-likeness (QED) is 0.212. The topological polar surface area (TPSA) is 87.2 Å². The lowest BCUT2D eigenvalue weighted by Gasteiger charge is -2.15. The molecule has 0 aliphatic rings. The number of halogens is 4. The molecular formula is C20H22ClF2IN6O. The number of ether oxygens (including phenoxy) is 1. The number of hydrogen-bond acceptors (Lipinski definition) is 4. The van der Waals surface area contributed by atoms with Crippen LogP contribution in [0.3, 0.4) is 0 Å². The van der Waals surface area contributed by atoms with Gasteiger partial charge in [-0.2, -0.15) is 13.9 Å². The first-order valence-electron chi connectivity index (χ1n) is 9.25. The van der Waals surface area contributed by atoms with Crippen molar-refractivity contribution < 1.29 is 13.5 Å². The summed E-state index contributed by atoms with van der Waals surface area (Å²) in [7, 11) is 0.